The fraction of sp³-hybridized carbons (Fsp3) is 1.00. The first kappa shape index (κ1) is 33.2. The second-order valence-corrected chi connectivity index (χ2v) is 4.88. The number of quaternary nitrogens is 1. The van der Waals surface area contributed by atoms with Gasteiger partial charge in [0.2, 0.25) is 0 Å². The van der Waals surface area contributed by atoms with Crippen LogP contribution in [0.2, 0.25) is 0 Å². The SMILES string of the molecule is CCOC[N+]1(C)CCCC1.Cl.F[B-](F)(F)F.F[B-](F)(F)F.F[B-](F)(F)F. The first-order valence-electron chi connectivity index (χ1n) is 6.80. The van der Waals surface area contributed by atoms with Crippen molar-refractivity contribution in [3.8, 4) is 0 Å². The number of hydrogen-bond donors (Lipinski definition) is 0. The predicted molar refractivity (Wildman–Crippen MR) is 79.5 cm³/mol. The van der Waals surface area contributed by atoms with Crippen LogP contribution in [0.15, 0.2) is 0 Å². The molecule has 26 heavy (non-hydrogen) atoms. The molecule has 0 spiro atoms. The Morgan fingerprint density at radius 1 is 0.692 bits per heavy atom. The highest BCUT2D eigenvalue weighted by atomic mass is 35.5. The summed E-state index contributed by atoms with van der Waals surface area (Å²) in [7, 11) is -15.7. The van der Waals surface area contributed by atoms with E-state index in [1.807, 2.05) is 0 Å². The number of hydrogen-bond acceptors (Lipinski definition) is 1. The van der Waals surface area contributed by atoms with Gasteiger partial charge in [-0.15, -0.1) is 12.4 Å². The normalized spacial score (nSPS) is 15.9. The van der Waals surface area contributed by atoms with Crippen molar-refractivity contribution in [3.63, 3.8) is 0 Å². The van der Waals surface area contributed by atoms with Gasteiger partial charge >= 0.3 is 21.8 Å². The molecule has 0 aromatic heterocycles. The molecule has 0 atom stereocenters. The van der Waals surface area contributed by atoms with Gasteiger partial charge in [0.05, 0.1) is 20.1 Å². The van der Waals surface area contributed by atoms with E-state index < -0.39 is 21.8 Å². The van der Waals surface area contributed by atoms with Crippen LogP contribution in [-0.4, -0.2) is 59.7 Å². The van der Waals surface area contributed by atoms with Crippen LogP contribution in [0.25, 0.3) is 0 Å². The molecule has 0 aromatic rings. The van der Waals surface area contributed by atoms with E-state index in [1.165, 1.54) is 25.9 Å². The number of likely N-dealkylation sites (tertiary alicyclic amines) is 1. The van der Waals surface area contributed by atoms with Crippen LogP contribution >= 0.6 is 12.4 Å². The molecule has 1 saturated heterocycles. The largest absolute Gasteiger partial charge is 0.673 e. The van der Waals surface area contributed by atoms with Gasteiger partial charge in [0.15, 0.2) is 6.73 Å². The molecule has 0 radical (unpaired) electrons. The number of nitrogens with zero attached hydrogens (tertiary/aromatic N) is 1. The van der Waals surface area contributed by atoms with Crippen molar-refractivity contribution in [2.45, 2.75) is 19.8 Å². The lowest BCUT2D eigenvalue weighted by Crippen LogP contribution is -2.42. The highest BCUT2D eigenvalue weighted by molar-refractivity contribution is 6.50. The maximum absolute atomic E-state index is 9.75. The fourth-order valence-corrected chi connectivity index (χ4v) is 1.54. The molecule has 0 aromatic carbocycles. The summed E-state index contributed by atoms with van der Waals surface area (Å²) in [5, 5.41) is 0. The monoisotopic (exact) mass is 441 g/mol. The third kappa shape index (κ3) is 65.2. The summed E-state index contributed by atoms with van der Waals surface area (Å²) >= 11 is 0. The molecule has 18 heteroatoms. The van der Waals surface area contributed by atoms with Crippen LogP contribution in [0.4, 0.5) is 51.8 Å². The second-order valence-electron chi connectivity index (χ2n) is 4.88. The van der Waals surface area contributed by atoms with E-state index in [4.69, 9.17) is 4.74 Å². The quantitative estimate of drug-likeness (QED) is 0.318. The average Bonchev–Trinajstić information content (AvgIpc) is 2.67. The Morgan fingerprint density at radius 3 is 1.12 bits per heavy atom. The molecule has 0 N–H and O–H groups in total. The summed E-state index contributed by atoms with van der Waals surface area (Å²) in [6.07, 6.45) is 2.76. The zero-order valence-corrected chi connectivity index (χ0v) is 14.6. The topological polar surface area (TPSA) is 9.23 Å². The first-order chi connectivity index (χ1) is 10.8. The van der Waals surface area contributed by atoms with E-state index in [0.717, 1.165) is 17.8 Å². The fourth-order valence-electron chi connectivity index (χ4n) is 1.54. The van der Waals surface area contributed by atoms with Crippen molar-refractivity contribution in [2.75, 3.05) is 33.5 Å². The van der Waals surface area contributed by atoms with Gasteiger partial charge in [0.1, 0.15) is 0 Å². The summed E-state index contributed by atoms with van der Waals surface area (Å²) in [4.78, 5) is 0. The van der Waals surface area contributed by atoms with E-state index in [1.54, 1.807) is 0 Å². The molecule has 1 heterocycles. The first-order valence-corrected chi connectivity index (χ1v) is 6.80. The van der Waals surface area contributed by atoms with Crippen LogP contribution < -0.4 is 0 Å². The van der Waals surface area contributed by atoms with Crippen LogP contribution in [0.1, 0.15) is 19.8 Å². The Hall–Kier alpha value is -0.435. The minimum atomic E-state index is -6.00. The average molecular weight is 441 g/mol. The Balaban J connectivity index is -0.000000132. The van der Waals surface area contributed by atoms with Gasteiger partial charge in [0, 0.05) is 19.4 Å². The van der Waals surface area contributed by atoms with Crippen molar-refractivity contribution >= 4 is 34.2 Å². The summed E-state index contributed by atoms with van der Waals surface area (Å²) < 4.78 is 124. The molecule has 2 nitrogen and oxygen atoms in total. The zero-order chi connectivity index (χ0) is 20.9. The molecule has 0 aliphatic carbocycles. The van der Waals surface area contributed by atoms with Crippen molar-refractivity contribution in [2.24, 2.45) is 0 Å². The highest BCUT2D eigenvalue weighted by Crippen LogP contribution is 2.15. The van der Waals surface area contributed by atoms with E-state index in [0.29, 0.717) is 0 Å². The third-order valence-electron chi connectivity index (χ3n) is 2.25. The lowest BCUT2D eigenvalue weighted by atomic mass is 10.3. The van der Waals surface area contributed by atoms with Gasteiger partial charge < -0.3 is 61.0 Å². The smallest absolute Gasteiger partial charge is 0.418 e. The highest BCUT2D eigenvalue weighted by Gasteiger charge is 2.26. The summed E-state index contributed by atoms with van der Waals surface area (Å²) in [5.74, 6) is 0. The Kier molecular flexibility index (Phi) is 18.6. The predicted octanol–water partition coefficient (Wildman–Crippen LogP) is 5.54. The van der Waals surface area contributed by atoms with Crippen LogP contribution in [0.3, 0.4) is 0 Å². The lowest BCUT2D eigenvalue weighted by Gasteiger charge is -2.27. The molecule has 0 amide bonds. The molecule has 1 fully saturated rings. The number of halogens is 13. The summed E-state index contributed by atoms with van der Waals surface area (Å²) in [6, 6.07) is 0. The van der Waals surface area contributed by atoms with E-state index >= 15 is 0 Å². The lowest BCUT2D eigenvalue weighted by molar-refractivity contribution is -0.916. The van der Waals surface area contributed by atoms with E-state index in [2.05, 4.69) is 14.0 Å². The maximum Gasteiger partial charge on any atom is 0.673 e. The second kappa shape index (κ2) is 14.6. The molecule has 0 saturated carbocycles. The molecule has 1 aliphatic heterocycles. The van der Waals surface area contributed by atoms with Gasteiger partial charge in [0.25, 0.3) is 0 Å². The molecular weight excluding hydrogens is 422 g/mol. The van der Waals surface area contributed by atoms with Crippen LogP contribution in [-0.2, 0) is 4.74 Å². The standard InChI is InChI=1S/C8H18NO.3BF4.ClH/c1-3-10-8-9(2)6-4-5-7-9;3*2-1(3,4)5;/h3-8H2,1-2H3;;;;1H/q+1;3*-1;. The minimum Gasteiger partial charge on any atom is -0.418 e. The van der Waals surface area contributed by atoms with Crippen molar-refractivity contribution in [1.82, 2.24) is 0 Å². The molecule has 0 bridgehead atoms. The van der Waals surface area contributed by atoms with E-state index in [9.17, 15) is 51.8 Å². The van der Waals surface area contributed by atoms with Gasteiger partial charge in [-0.3, -0.25) is 0 Å². The third-order valence-corrected chi connectivity index (χ3v) is 2.25. The molecule has 0 unspecified atom stereocenters. The van der Waals surface area contributed by atoms with Crippen LogP contribution in [0.5, 0.6) is 0 Å². The maximum atomic E-state index is 9.75. The summed E-state index contributed by atoms with van der Waals surface area (Å²) in [6.45, 7) is 6.44. The molecular formula is C8H19B3ClF12NO-2. The zero-order valence-electron chi connectivity index (χ0n) is 13.8. The number of ether oxygens (including phenoxy) is 1. The van der Waals surface area contributed by atoms with Crippen molar-refractivity contribution in [1.29, 1.82) is 0 Å². The molecule has 164 valence electrons. The van der Waals surface area contributed by atoms with Gasteiger partial charge in [-0.25, -0.2) is 0 Å². The minimum absolute atomic E-state index is 0. The summed E-state index contributed by atoms with van der Waals surface area (Å²) in [5.41, 5.74) is 0. The van der Waals surface area contributed by atoms with Gasteiger partial charge in [-0.1, -0.05) is 0 Å². The Bertz CT molecular complexity index is 275. The molecule has 1 aliphatic rings. The van der Waals surface area contributed by atoms with E-state index in [-0.39, 0.29) is 12.4 Å². The van der Waals surface area contributed by atoms with Crippen molar-refractivity contribution < 1.29 is 61.0 Å². The Labute approximate surface area is 149 Å². The number of rotatable bonds is 3. The molecule has 1 rings (SSSR count). The Morgan fingerprint density at radius 2 is 0.923 bits per heavy atom. The van der Waals surface area contributed by atoms with Crippen LogP contribution in [0, 0.1) is 0 Å². The van der Waals surface area contributed by atoms with Gasteiger partial charge in [-0.05, 0) is 6.92 Å². The van der Waals surface area contributed by atoms with Gasteiger partial charge in [-0.2, -0.15) is 0 Å². The van der Waals surface area contributed by atoms with Crippen molar-refractivity contribution in [3.05, 3.63) is 0 Å².